The van der Waals surface area contributed by atoms with Gasteiger partial charge in [-0.05, 0) is 12.1 Å². The van der Waals surface area contributed by atoms with Crippen LogP contribution in [0.15, 0.2) is 18.3 Å². The molecule has 0 amide bonds. The lowest BCUT2D eigenvalue weighted by Gasteiger charge is -2.19. The molecule has 0 radical (unpaired) electrons. The van der Waals surface area contributed by atoms with Crippen molar-refractivity contribution in [3.05, 3.63) is 24.2 Å². The van der Waals surface area contributed by atoms with Gasteiger partial charge in [-0.3, -0.25) is 5.10 Å². The quantitative estimate of drug-likeness (QED) is 0.700. The van der Waals surface area contributed by atoms with Crippen LogP contribution < -0.4 is 0 Å². The summed E-state index contributed by atoms with van der Waals surface area (Å²) in [6.07, 6.45) is -9.59. The number of H-pyrrole nitrogens is 1. The molecule has 1 N–H and O–H groups in total. The van der Waals surface area contributed by atoms with Crippen LogP contribution in [0, 0.1) is 0 Å². The molecule has 0 aliphatic carbocycles. The van der Waals surface area contributed by atoms with Gasteiger partial charge in [-0.1, -0.05) is 0 Å². The third-order valence-electron chi connectivity index (χ3n) is 3.24. The first-order chi connectivity index (χ1) is 11.9. The Morgan fingerprint density at radius 1 is 1.04 bits per heavy atom. The van der Waals surface area contributed by atoms with Gasteiger partial charge in [0.15, 0.2) is 5.65 Å². The molecular weight excluding hydrogens is 380 g/mol. The third-order valence-corrected chi connectivity index (χ3v) is 3.24. The molecule has 0 aliphatic rings. The molecule has 3 aromatic rings. The van der Waals surface area contributed by atoms with Gasteiger partial charge in [-0.2, -0.15) is 45.3 Å². The number of nitrogens with one attached hydrogen (secondary N) is 1. The number of aromatic amines is 1. The number of hydrogen-bond donors (Lipinski definition) is 1. The number of rotatable bonds is 3. The fourth-order valence-corrected chi connectivity index (χ4v) is 2.06. The summed E-state index contributed by atoms with van der Waals surface area (Å²) in [5, 5.41) is 8.33. The van der Waals surface area contributed by atoms with Gasteiger partial charge in [-0.15, -0.1) is 0 Å². The van der Waals surface area contributed by atoms with Crippen molar-refractivity contribution in [1.29, 1.82) is 0 Å². The van der Waals surface area contributed by atoms with Crippen LogP contribution in [0.5, 0.6) is 0 Å². The van der Waals surface area contributed by atoms with Crippen molar-refractivity contribution < 1.29 is 35.1 Å². The highest BCUT2D eigenvalue weighted by Gasteiger charge is 2.58. The van der Waals surface area contributed by atoms with Gasteiger partial charge in [0.05, 0.1) is 5.39 Å². The first kappa shape index (κ1) is 18.0. The predicted molar refractivity (Wildman–Crippen MR) is 68.9 cm³/mol. The van der Waals surface area contributed by atoms with E-state index in [1.54, 1.807) is 5.10 Å². The van der Waals surface area contributed by atoms with Crippen LogP contribution in [0.25, 0.3) is 22.6 Å². The largest absolute Gasteiger partial charge is 0.455 e. The first-order valence-electron chi connectivity index (χ1n) is 6.66. The summed E-state index contributed by atoms with van der Waals surface area (Å²) in [6.45, 7) is -1.90. The van der Waals surface area contributed by atoms with Crippen molar-refractivity contribution in [2.75, 3.05) is 0 Å². The molecule has 3 aromatic heterocycles. The highest BCUT2D eigenvalue weighted by Crippen LogP contribution is 2.38. The molecule has 14 heteroatoms. The lowest BCUT2D eigenvalue weighted by atomic mass is 10.2. The van der Waals surface area contributed by atoms with Gasteiger partial charge in [-0.25, -0.2) is 14.6 Å². The van der Waals surface area contributed by atoms with Crippen molar-refractivity contribution in [2.45, 2.75) is 24.8 Å². The van der Waals surface area contributed by atoms with E-state index in [-0.39, 0.29) is 15.7 Å². The highest BCUT2D eigenvalue weighted by atomic mass is 19.4. The molecule has 0 atom stereocenters. The Hall–Kier alpha value is -2.80. The number of halogens is 8. The summed E-state index contributed by atoms with van der Waals surface area (Å²) in [4.78, 5) is 6.82. The Balaban J connectivity index is 2.10. The van der Waals surface area contributed by atoms with Crippen molar-refractivity contribution in [3.63, 3.8) is 0 Å². The SMILES string of the molecule is FC(F)(F)c1nc(-c2nn(CC(F)(F)C(F)(F)F)c3ncccc23)n[nH]1. The number of hydrogen-bond acceptors (Lipinski definition) is 4. The molecule has 0 saturated heterocycles. The van der Waals surface area contributed by atoms with Gasteiger partial charge in [0, 0.05) is 6.20 Å². The summed E-state index contributed by atoms with van der Waals surface area (Å²) in [5.41, 5.74) is -0.803. The van der Waals surface area contributed by atoms with Crippen LogP contribution in [0.3, 0.4) is 0 Å². The maximum Gasteiger partial charge on any atom is 0.455 e. The average molecular weight is 386 g/mol. The molecule has 0 bridgehead atoms. The summed E-state index contributed by atoms with van der Waals surface area (Å²) < 4.78 is 102. The number of pyridine rings is 1. The third kappa shape index (κ3) is 3.06. The fourth-order valence-electron chi connectivity index (χ4n) is 2.06. The van der Waals surface area contributed by atoms with E-state index >= 15 is 0 Å². The molecule has 0 aliphatic heterocycles. The van der Waals surface area contributed by atoms with Gasteiger partial charge in [0.1, 0.15) is 12.2 Å². The van der Waals surface area contributed by atoms with E-state index in [9.17, 15) is 35.1 Å². The highest BCUT2D eigenvalue weighted by molar-refractivity contribution is 5.89. The van der Waals surface area contributed by atoms with E-state index in [1.807, 2.05) is 0 Å². The van der Waals surface area contributed by atoms with Crippen molar-refractivity contribution in [3.8, 4) is 11.5 Å². The Bertz CT molecular complexity index is 937. The van der Waals surface area contributed by atoms with E-state index in [0.29, 0.717) is 0 Å². The van der Waals surface area contributed by atoms with E-state index in [0.717, 1.165) is 6.20 Å². The molecule has 6 nitrogen and oxygen atoms in total. The zero-order valence-corrected chi connectivity index (χ0v) is 12.2. The zero-order chi connectivity index (χ0) is 19.3. The maximum absolute atomic E-state index is 13.3. The van der Waals surface area contributed by atoms with Gasteiger partial charge < -0.3 is 0 Å². The topological polar surface area (TPSA) is 72.3 Å². The molecule has 3 heterocycles. The van der Waals surface area contributed by atoms with Crippen molar-refractivity contribution in [1.82, 2.24) is 29.9 Å². The Labute approximate surface area is 137 Å². The smallest absolute Gasteiger partial charge is 0.255 e. The number of alkyl halides is 8. The average Bonchev–Trinajstić information content (AvgIpc) is 3.11. The number of fused-ring (bicyclic) bond motifs is 1. The molecule has 0 unspecified atom stereocenters. The Morgan fingerprint density at radius 2 is 1.73 bits per heavy atom. The number of nitrogens with zero attached hydrogens (tertiary/aromatic N) is 5. The van der Waals surface area contributed by atoms with E-state index < -0.39 is 42.2 Å². The minimum Gasteiger partial charge on any atom is -0.255 e. The Morgan fingerprint density at radius 3 is 2.31 bits per heavy atom. The predicted octanol–water partition coefficient (Wildman–Crippen LogP) is 3.43. The van der Waals surface area contributed by atoms with Crippen LogP contribution in [0.1, 0.15) is 5.82 Å². The molecule has 0 fully saturated rings. The molecule has 0 aromatic carbocycles. The summed E-state index contributed by atoms with van der Waals surface area (Å²) in [7, 11) is 0. The van der Waals surface area contributed by atoms with Crippen LogP contribution >= 0.6 is 0 Å². The lowest BCUT2D eigenvalue weighted by Crippen LogP contribution is -2.40. The fraction of sp³-hybridized carbons (Fsp3) is 0.333. The lowest BCUT2D eigenvalue weighted by molar-refractivity contribution is -0.287. The summed E-state index contributed by atoms with van der Waals surface area (Å²) in [5.74, 6) is -7.22. The monoisotopic (exact) mass is 386 g/mol. The minimum atomic E-state index is -5.84. The molecule has 0 spiro atoms. The van der Waals surface area contributed by atoms with Gasteiger partial charge in [0.2, 0.25) is 11.6 Å². The van der Waals surface area contributed by atoms with Crippen LogP contribution in [-0.4, -0.2) is 42.0 Å². The summed E-state index contributed by atoms with van der Waals surface area (Å²) in [6, 6.07) is 2.54. The second-order valence-electron chi connectivity index (χ2n) is 5.09. The van der Waals surface area contributed by atoms with Gasteiger partial charge in [0.25, 0.3) is 0 Å². The molecular formula is C12H6F8N6. The van der Waals surface area contributed by atoms with Gasteiger partial charge >= 0.3 is 18.3 Å². The van der Waals surface area contributed by atoms with Crippen LogP contribution in [0.2, 0.25) is 0 Å². The number of aromatic nitrogens is 6. The molecule has 0 saturated carbocycles. The minimum absolute atomic E-state index is 0.0850. The van der Waals surface area contributed by atoms with E-state index in [1.165, 1.54) is 12.1 Å². The standard InChI is InChI=1S/C12H6F8N6/c13-10(14,12(18,19)20)4-26-8-5(2-1-3-21-8)6(25-26)7-22-9(24-23-7)11(15,16)17/h1-3H,4H2,(H,22,23,24). The molecule has 3 rings (SSSR count). The Kier molecular flexibility index (Phi) is 3.88. The second-order valence-corrected chi connectivity index (χ2v) is 5.09. The van der Waals surface area contributed by atoms with Crippen molar-refractivity contribution >= 4 is 11.0 Å². The second kappa shape index (κ2) is 5.60. The summed E-state index contributed by atoms with van der Waals surface area (Å²) >= 11 is 0. The van der Waals surface area contributed by atoms with Crippen LogP contribution in [0.4, 0.5) is 35.1 Å². The zero-order valence-electron chi connectivity index (χ0n) is 12.2. The van der Waals surface area contributed by atoms with E-state index in [2.05, 4.69) is 20.2 Å². The molecule has 26 heavy (non-hydrogen) atoms. The van der Waals surface area contributed by atoms with Crippen LogP contribution in [-0.2, 0) is 12.7 Å². The maximum atomic E-state index is 13.3. The van der Waals surface area contributed by atoms with Crippen molar-refractivity contribution in [2.24, 2.45) is 0 Å². The first-order valence-corrected chi connectivity index (χ1v) is 6.66. The molecule has 140 valence electrons. The van der Waals surface area contributed by atoms with E-state index in [4.69, 9.17) is 0 Å². The normalized spacial score (nSPS) is 13.5.